The van der Waals surface area contributed by atoms with Crippen LogP contribution in [0.4, 0.5) is 4.39 Å². The molecule has 1 atom stereocenters. The van der Waals surface area contributed by atoms with Gasteiger partial charge in [0.1, 0.15) is 40.4 Å². The summed E-state index contributed by atoms with van der Waals surface area (Å²) in [5.41, 5.74) is 1.76. The van der Waals surface area contributed by atoms with Crippen molar-refractivity contribution in [2.75, 3.05) is 6.61 Å². The van der Waals surface area contributed by atoms with E-state index in [9.17, 15) is 9.18 Å². The van der Waals surface area contributed by atoms with Crippen LogP contribution in [0.1, 0.15) is 25.9 Å². The van der Waals surface area contributed by atoms with Gasteiger partial charge in [-0.1, -0.05) is 18.2 Å². The third-order valence-corrected chi connectivity index (χ3v) is 5.57. The van der Waals surface area contributed by atoms with Gasteiger partial charge in [0, 0.05) is 0 Å². The van der Waals surface area contributed by atoms with E-state index >= 15 is 0 Å². The van der Waals surface area contributed by atoms with Crippen LogP contribution < -0.4 is 14.8 Å². The molecule has 0 aliphatic carbocycles. The first-order valence-electron chi connectivity index (χ1n) is 8.95. The third-order valence-electron chi connectivity index (χ3n) is 4.44. The Morgan fingerprint density at radius 1 is 1.29 bits per heavy atom. The molecule has 0 fully saturated rings. The highest BCUT2D eigenvalue weighted by Crippen LogP contribution is 2.25. The van der Waals surface area contributed by atoms with Gasteiger partial charge in [0.2, 0.25) is 0 Å². The van der Waals surface area contributed by atoms with Crippen LogP contribution in [0, 0.1) is 12.7 Å². The zero-order chi connectivity index (χ0) is 19.5. The zero-order valence-electron chi connectivity index (χ0n) is 15.3. The highest BCUT2D eigenvalue weighted by atomic mass is 32.1. The maximum Gasteiger partial charge on any atom is 0.263 e. The van der Waals surface area contributed by atoms with Gasteiger partial charge in [-0.25, -0.2) is 9.37 Å². The first-order valence-corrected chi connectivity index (χ1v) is 9.76. The molecule has 1 amide bonds. The van der Waals surface area contributed by atoms with Crippen molar-refractivity contribution in [3.8, 4) is 11.5 Å². The molecule has 4 rings (SSSR count). The number of rotatable bonds is 5. The number of halogens is 1. The van der Waals surface area contributed by atoms with Gasteiger partial charge >= 0.3 is 0 Å². The Hall–Kier alpha value is -2.93. The van der Waals surface area contributed by atoms with E-state index in [1.54, 1.807) is 19.1 Å². The number of nitrogens with one attached hydrogen (secondary N) is 1. The molecule has 0 saturated heterocycles. The molecule has 1 aliphatic heterocycles. The summed E-state index contributed by atoms with van der Waals surface area (Å²) in [6.07, 6.45) is 0.736. The molecule has 0 saturated carbocycles. The number of benzene rings is 2. The minimum absolute atomic E-state index is 0.0807. The van der Waals surface area contributed by atoms with Crippen molar-refractivity contribution in [1.29, 1.82) is 0 Å². The summed E-state index contributed by atoms with van der Waals surface area (Å²) in [5, 5.41) is 3.73. The fourth-order valence-corrected chi connectivity index (χ4v) is 3.95. The number of carbonyl (C=O) groups is 1. The van der Waals surface area contributed by atoms with Crippen LogP contribution in [-0.4, -0.2) is 23.5 Å². The molecule has 144 valence electrons. The number of aryl methyl sites for hydroxylation is 1. The average molecular weight is 398 g/mol. The minimum Gasteiger partial charge on any atom is -0.491 e. The SMILES string of the molecule is Cc1nc(COc2ccc(F)cc2)sc1C(=O)NC1COc2ccccc2C1. The molecule has 28 heavy (non-hydrogen) atoms. The maximum atomic E-state index is 13.0. The fourth-order valence-electron chi connectivity index (χ4n) is 3.07. The molecule has 1 unspecified atom stereocenters. The van der Waals surface area contributed by atoms with E-state index < -0.39 is 0 Å². The number of nitrogens with zero attached hydrogens (tertiary/aromatic N) is 1. The van der Waals surface area contributed by atoms with E-state index in [0.717, 1.165) is 17.7 Å². The lowest BCUT2D eigenvalue weighted by molar-refractivity contribution is 0.0918. The van der Waals surface area contributed by atoms with Gasteiger partial charge in [-0.3, -0.25) is 4.79 Å². The first kappa shape index (κ1) is 18.4. The van der Waals surface area contributed by atoms with Crippen LogP contribution in [0.2, 0.25) is 0 Å². The van der Waals surface area contributed by atoms with E-state index in [2.05, 4.69) is 10.3 Å². The lowest BCUT2D eigenvalue weighted by atomic mass is 10.0. The van der Waals surface area contributed by atoms with Crippen LogP contribution in [0.25, 0.3) is 0 Å². The largest absolute Gasteiger partial charge is 0.491 e. The minimum atomic E-state index is -0.314. The van der Waals surface area contributed by atoms with Crippen LogP contribution in [-0.2, 0) is 13.0 Å². The number of amides is 1. The fraction of sp³-hybridized carbons (Fsp3) is 0.238. The number of thiazole rings is 1. The summed E-state index contributed by atoms with van der Waals surface area (Å²) in [7, 11) is 0. The Morgan fingerprint density at radius 2 is 2.07 bits per heavy atom. The molecule has 1 N–H and O–H groups in total. The topological polar surface area (TPSA) is 60.5 Å². The second kappa shape index (κ2) is 7.98. The van der Waals surface area contributed by atoms with Gasteiger partial charge in [0.25, 0.3) is 5.91 Å². The molecule has 7 heteroatoms. The summed E-state index contributed by atoms with van der Waals surface area (Å²) in [6.45, 7) is 2.48. The average Bonchev–Trinajstić information content (AvgIpc) is 3.08. The quantitative estimate of drug-likeness (QED) is 0.708. The molecular weight excluding hydrogens is 379 g/mol. The van der Waals surface area contributed by atoms with E-state index in [4.69, 9.17) is 9.47 Å². The molecule has 3 aromatic rings. The van der Waals surface area contributed by atoms with Gasteiger partial charge < -0.3 is 14.8 Å². The predicted molar refractivity (Wildman–Crippen MR) is 104 cm³/mol. The van der Waals surface area contributed by atoms with Crippen molar-refractivity contribution in [2.24, 2.45) is 0 Å². The lowest BCUT2D eigenvalue weighted by Gasteiger charge is -2.25. The van der Waals surface area contributed by atoms with E-state index in [1.165, 1.54) is 23.5 Å². The van der Waals surface area contributed by atoms with Crippen molar-refractivity contribution in [1.82, 2.24) is 10.3 Å². The molecule has 1 aliphatic rings. The molecule has 5 nitrogen and oxygen atoms in total. The Kier molecular flexibility index (Phi) is 5.25. The number of hydrogen-bond acceptors (Lipinski definition) is 5. The number of carbonyl (C=O) groups excluding carboxylic acids is 1. The van der Waals surface area contributed by atoms with Gasteiger partial charge in [-0.2, -0.15) is 0 Å². The number of fused-ring (bicyclic) bond motifs is 1. The highest BCUT2D eigenvalue weighted by molar-refractivity contribution is 7.13. The van der Waals surface area contributed by atoms with E-state index in [-0.39, 0.29) is 24.4 Å². The Labute approximate surface area is 166 Å². The first-order chi connectivity index (χ1) is 13.6. The molecule has 1 aromatic heterocycles. The third kappa shape index (κ3) is 4.14. The second-order valence-electron chi connectivity index (χ2n) is 6.56. The summed E-state index contributed by atoms with van der Waals surface area (Å²) in [5.74, 6) is 0.960. The van der Waals surface area contributed by atoms with Gasteiger partial charge in [-0.15, -0.1) is 11.3 Å². The monoisotopic (exact) mass is 398 g/mol. The van der Waals surface area contributed by atoms with Crippen molar-refractivity contribution >= 4 is 17.2 Å². The zero-order valence-corrected chi connectivity index (χ0v) is 16.1. The Bertz CT molecular complexity index is 988. The van der Waals surface area contributed by atoms with Crippen molar-refractivity contribution in [3.63, 3.8) is 0 Å². The van der Waals surface area contributed by atoms with Crippen molar-refractivity contribution in [3.05, 3.63) is 75.5 Å². The molecule has 0 radical (unpaired) electrons. The Morgan fingerprint density at radius 3 is 2.89 bits per heavy atom. The van der Waals surface area contributed by atoms with Gasteiger partial charge in [0.15, 0.2) is 0 Å². The van der Waals surface area contributed by atoms with Crippen LogP contribution in [0.15, 0.2) is 48.5 Å². The number of aromatic nitrogens is 1. The highest BCUT2D eigenvalue weighted by Gasteiger charge is 2.23. The van der Waals surface area contributed by atoms with E-state index in [0.29, 0.717) is 27.9 Å². The second-order valence-corrected chi connectivity index (χ2v) is 7.64. The Balaban J connectivity index is 1.38. The number of hydrogen-bond donors (Lipinski definition) is 1. The molecule has 0 spiro atoms. The number of ether oxygens (including phenoxy) is 2. The lowest BCUT2D eigenvalue weighted by Crippen LogP contribution is -2.42. The van der Waals surface area contributed by atoms with Gasteiger partial charge in [-0.05, 0) is 49.2 Å². The number of para-hydroxylation sites is 1. The predicted octanol–water partition coefficient (Wildman–Crippen LogP) is 3.90. The molecular formula is C21H19FN2O3S. The molecule has 2 heterocycles. The standard InChI is InChI=1S/C21H19FN2O3S/c1-13-20(28-19(23-13)12-26-17-8-6-15(22)7-9-17)21(25)24-16-10-14-4-2-3-5-18(14)27-11-16/h2-9,16H,10-12H2,1H3,(H,24,25). The summed E-state index contributed by atoms with van der Waals surface area (Å²) < 4.78 is 24.3. The summed E-state index contributed by atoms with van der Waals surface area (Å²) in [4.78, 5) is 17.7. The maximum absolute atomic E-state index is 13.0. The van der Waals surface area contributed by atoms with Crippen LogP contribution in [0.5, 0.6) is 11.5 Å². The van der Waals surface area contributed by atoms with Gasteiger partial charge in [0.05, 0.1) is 11.7 Å². The molecule has 2 aromatic carbocycles. The van der Waals surface area contributed by atoms with E-state index in [1.807, 2.05) is 24.3 Å². The summed E-state index contributed by atoms with van der Waals surface area (Å²) in [6, 6.07) is 13.6. The van der Waals surface area contributed by atoms with Crippen LogP contribution >= 0.6 is 11.3 Å². The molecule has 0 bridgehead atoms. The van der Waals surface area contributed by atoms with Crippen molar-refractivity contribution in [2.45, 2.75) is 26.0 Å². The normalized spacial score (nSPS) is 15.4. The van der Waals surface area contributed by atoms with Crippen LogP contribution in [0.3, 0.4) is 0 Å². The van der Waals surface area contributed by atoms with Crippen molar-refractivity contribution < 1.29 is 18.7 Å². The smallest absolute Gasteiger partial charge is 0.263 e. The summed E-state index contributed by atoms with van der Waals surface area (Å²) >= 11 is 1.30.